The summed E-state index contributed by atoms with van der Waals surface area (Å²) >= 11 is 0. The van der Waals surface area contributed by atoms with E-state index in [9.17, 15) is 14.4 Å². The van der Waals surface area contributed by atoms with Crippen molar-refractivity contribution in [1.29, 1.82) is 0 Å². The van der Waals surface area contributed by atoms with E-state index in [2.05, 4.69) is 27.7 Å². The Balaban J connectivity index is 4.27. The van der Waals surface area contributed by atoms with Gasteiger partial charge in [-0.05, 0) is 25.2 Å². The largest absolute Gasteiger partial charge is 0.462 e. The van der Waals surface area contributed by atoms with Crippen molar-refractivity contribution in [3.05, 3.63) is 0 Å². The lowest BCUT2D eigenvalue weighted by Gasteiger charge is -2.18. The Morgan fingerprint density at radius 1 is 0.288 bits per heavy atom. The molecule has 0 aliphatic heterocycles. The van der Waals surface area contributed by atoms with Gasteiger partial charge in [-0.1, -0.05) is 304 Å². The molecular formula is C60H116O6. The first-order valence-corrected chi connectivity index (χ1v) is 29.9. The van der Waals surface area contributed by atoms with Crippen molar-refractivity contribution in [2.24, 2.45) is 5.92 Å². The van der Waals surface area contributed by atoms with Gasteiger partial charge in [0.05, 0.1) is 0 Å². The maximum Gasteiger partial charge on any atom is 0.306 e. The molecule has 0 unspecified atom stereocenters. The summed E-state index contributed by atoms with van der Waals surface area (Å²) in [5.41, 5.74) is 0. The highest BCUT2D eigenvalue weighted by atomic mass is 16.6. The van der Waals surface area contributed by atoms with Gasteiger partial charge in [0.1, 0.15) is 13.2 Å². The molecule has 1 atom stereocenters. The highest BCUT2D eigenvalue weighted by molar-refractivity contribution is 5.71. The van der Waals surface area contributed by atoms with Gasteiger partial charge in [0.2, 0.25) is 0 Å². The van der Waals surface area contributed by atoms with E-state index in [0.717, 1.165) is 63.7 Å². The average Bonchev–Trinajstić information content (AvgIpc) is 3.30. The van der Waals surface area contributed by atoms with Gasteiger partial charge in [-0.25, -0.2) is 0 Å². The predicted octanol–water partition coefficient (Wildman–Crippen LogP) is 19.8. The topological polar surface area (TPSA) is 78.9 Å². The van der Waals surface area contributed by atoms with E-state index < -0.39 is 6.10 Å². The molecule has 6 nitrogen and oxygen atoms in total. The first-order chi connectivity index (χ1) is 32.4. The zero-order valence-electron chi connectivity index (χ0n) is 45.2. The number of hydrogen-bond acceptors (Lipinski definition) is 6. The molecule has 0 aromatic carbocycles. The van der Waals surface area contributed by atoms with Crippen molar-refractivity contribution in [3.63, 3.8) is 0 Å². The van der Waals surface area contributed by atoms with Crippen LogP contribution in [0.5, 0.6) is 0 Å². The summed E-state index contributed by atoms with van der Waals surface area (Å²) in [6.45, 7) is 9.07. The first kappa shape index (κ1) is 64.4. The fourth-order valence-corrected chi connectivity index (χ4v) is 9.28. The average molecular weight is 934 g/mol. The van der Waals surface area contributed by atoms with Gasteiger partial charge in [-0.15, -0.1) is 0 Å². The van der Waals surface area contributed by atoms with Crippen LogP contribution in [0, 0.1) is 5.92 Å². The first-order valence-electron chi connectivity index (χ1n) is 29.9. The molecule has 0 aliphatic carbocycles. The van der Waals surface area contributed by atoms with E-state index in [1.165, 1.54) is 238 Å². The summed E-state index contributed by atoms with van der Waals surface area (Å²) in [6.07, 6.45) is 59.5. The molecule has 0 aromatic heterocycles. The van der Waals surface area contributed by atoms with E-state index in [1.807, 2.05) is 0 Å². The predicted molar refractivity (Wildman–Crippen MR) is 284 cm³/mol. The van der Waals surface area contributed by atoms with Crippen LogP contribution in [0.1, 0.15) is 342 Å². The van der Waals surface area contributed by atoms with Crippen molar-refractivity contribution in [1.82, 2.24) is 0 Å². The number of unbranched alkanes of at least 4 members (excludes halogenated alkanes) is 42. The van der Waals surface area contributed by atoms with E-state index in [0.29, 0.717) is 19.3 Å². The van der Waals surface area contributed by atoms with Gasteiger partial charge in [0.15, 0.2) is 6.10 Å². The van der Waals surface area contributed by atoms with Crippen LogP contribution in [0.15, 0.2) is 0 Å². The zero-order chi connectivity index (χ0) is 48.1. The van der Waals surface area contributed by atoms with Crippen LogP contribution < -0.4 is 0 Å². The van der Waals surface area contributed by atoms with Crippen molar-refractivity contribution >= 4 is 17.9 Å². The van der Waals surface area contributed by atoms with E-state index in [1.54, 1.807) is 0 Å². The maximum atomic E-state index is 12.8. The molecule has 0 spiro atoms. The maximum absolute atomic E-state index is 12.8. The number of ether oxygens (including phenoxy) is 3. The Morgan fingerprint density at radius 2 is 0.500 bits per heavy atom. The lowest BCUT2D eigenvalue weighted by Crippen LogP contribution is -2.30. The second-order valence-corrected chi connectivity index (χ2v) is 21.1. The summed E-state index contributed by atoms with van der Waals surface area (Å²) in [6, 6.07) is 0. The van der Waals surface area contributed by atoms with Crippen molar-refractivity contribution in [2.75, 3.05) is 13.2 Å². The molecule has 0 heterocycles. The normalized spacial score (nSPS) is 12.0. The summed E-state index contributed by atoms with van der Waals surface area (Å²) < 4.78 is 16.9. The Morgan fingerprint density at radius 3 is 0.742 bits per heavy atom. The van der Waals surface area contributed by atoms with E-state index in [4.69, 9.17) is 14.2 Å². The van der Waals surface area contributed by atoms with E-state index >= 15 is 0 Å². The molecule has 0 saturated heterocycles. The van der Waals surface area contributed by atoms with Gasteiger partial charge in [-0.2, -0.15) is 0 Å². The molecule has 0 bridgehead atoms. The second kappa shape index (κ2) is 54.4. The number of carbonyl (C=O) groups excluding carboxylic acids is 3. The number of rotatable bonds is 55. The van der Waals surface area contributed by atoms with Crippen LogP contribution >= 0.6 is 0 Å². The Kier molecular flexibility index (Phi) is 53.0. The van der Waals surface area contributed by atoms with Crippen LogP contribution in [0.2, 0.25) is 0 Å². The monoisotopic (exact) mass is 933 g/mol. The molecular weight excluding hydrogens is 817 g/mol. The van der Waals surface area contributed by atoms with Gasteiger partial charge in [0.25, 0.3) is 0 Å². The van der Waals surface area contributed by atoms with Crippen LogP contribution in [0.4, 0.5) is 0 Å². The minimum atomic E-state index is -0.762. The molecule has 0 saturated carbocycles. The summed E-state index contributed by atoms with van der Waals surface area (Å²) in [7, 11) is 0. The molecule has 0 N–H and O–H groups in total. The molecule has 0 radical (unpaired) electrons. The molecule has 392 valence electrons. The fraction of sp³-hybridized carbons (Fsp3) is 0.950. The minimum absolute atomic E-state index is 0.0617. The SMILES string of the molecule is CCCCCCCCCCCCCCCCCCCCCC(=O)OC[C@H](COC(=O)CCCCCCCCCCCCCCC(C)C)OC(=O)CCCCCCCCCCCCCCCC. The Labute approximate surface area is 412 Å². The fourth-order valence-electron chi connectivity index (χ4n) is 9.28. The lowest BCUT2D eigenvalue weighted by atomic mass is 10.0. The van der Waals surface area contributed by atoms with Crippen LogP contribution in [-0.2, 0) is 28.6 Å². The van der Waals surface area contributed by atoms with Gasteiger partial charge < -0.3 is 14.2 Å². The third-order valence-corrected chi connectivity index (χ3v) is 13.8. The van der Waals surface area contributed by atoms with Crippen molar-refractivity contribution < 1.29 is 28.6 Å². The molecule has 0 amide bonds. The molecule has 0 rings (SSSR count). The smallest absolute Gasteiger partial charge is 0.306 e. The summed E-state index contributed by atoms with van der Waals surface area (Å²) in [5.74, 6) is 0.000476. The number of hydrogen-bond donors (Lipinski definition) is 0. The Hall–Kier alpha value is -1.59. The minimum Gasteiger partial charge on any atom is -0.462 e. The standard InChI is InChI=1S/C60H116O6/c1-5-7-9-11-13-15-17-19-21-22-23-24-25-27-31-35-39-43-47-51-58(61)64-54-57(66-60(63)53-49-45-41-37-33-26-20-18-16-14-12-10-8-6-2)55-65-59(62)52-48-44-40-36-32-29-28-30-34-38-42-46-50-56(3)4/h56-57H,5-55H2,1-4H3/t57-/m1/s1. The quantitative estimate of drug-likeness (QED) is 0.0343. The van der Waals surface area contributed by atoms with Crippen LogP contribution in [0.3, 0.4) is 0 Å². The summed E-state index contributed by atoms with van der Waals surface area (Å²) in [4.78, 5) is 38.2. The molecule has 0 aromatic rings. The van der Waals surface area contributed by atoms with Crippen molar-refractivity contribution in [3.8, 4) is 0 Å². The highest BCUT2D eigenvalue weighted by Gasteiger charge is 2.19. The molecule has 66 heavy (non-hydrogen) atoms. The zero-order valence-corrected chi connectivity index (χ0v) is 45.2. The second-order valence-electron chi connectivity index (χ2n) is 21.1. The van der Waals surface area contributed by atoms with Gasteiger partial charge >= 0.3 is 17.9 Å². The van der Waals surface area contributed by atoms with E-state index in [-0.39, 0.29) is 31.1 Å². The summed E-state index contributed by atoms with van der Waals surface area (Å²) in [5, 5.41) is 0. The number of esters is 3. The third kappa shape index (κ3) is 53.4. The van der Waals surface area contributed by atoms with Crippen LogP contribution in [-0.4, -0.2) is 37.2 Å². The van der Waals surface area contributed by atoms with Crippen LogP contribution in [0.25, 0.3) is 0 Å². The molecule has 0 fully saturated rings. The highest BCUT2D eigenvalue weighted by Crippen LogP contribution is 2.18. The van der Waals surface area contributed by atoms with Gasteiger partial charge in [0, 0.05) is 19.3 Å². The van der Waals surface area contributed by atoms with Gasteiger partial charge in [-0.3, -0.25) is 14.4 Å². The molecule has 6 heteroatoms. The van der Waals surface area contributed by atoms with Crippen molar-refractivity contribution in [2.45, 2.75) is 348 Å². The number of carbonyl (C=O) groups is 3. The lowest BCUT2D eigenvalue weighted by molar-refractivity contribution is -0.167. The Bertz CT molecular complexity index is 996. The molecule has 0 aliphatic rings. The third-order valence-electron chi connectivity index (χ3n) is 13.8.